The van der Waals surface area contributed by atoms with E-state index in [1.165, 1.54) is 17.0 Å². The summed E-state index contributed by atoms with van der Waals surface area (Å²) < 4.78 is 37.4. The van der Waals surface area contributed by atoms with Gasteiger partial charge in [-0.25, -0.2) is 0 Å². The van der Waals surface area contributed by atoms with Gasteiger partial charge in [0.15, 0.2) is 0 Å². The topological polar surface area (TPSA) is 60.9 Å². The molecule has 0 bridgehead atoms. The molecule has 2 amide bonds. The van der Waals surface area contributed by atoms with Crippen molar-refractivity contribution in [1.29, 1.82) is 0 Å². The van der Waals surface area contributed by atoms with Gasteiger partial charge in [-0.3, -0.25) is 9.59 Å². The third-order valence-electron chi connectivity index (χ3n) is 3.76. The molecule has 0 saturated carbocycles. The summed E-state index contributed by atoms with van der Waals surface area (Å²) in [5, 5.41) is 8.78. The van der Waals surface area contributed by atoms with Gasteiger partial charge in [0, 0.05) is 26.2 Å². The molecule has 2 rings (SSSR count). The van der Waals surface area contributed by atoms with E-state index in [1.54, 1.807) is 4.90 Å². The lowest BCUT2D eigenvalue weighted by Gasteiger charge is -2.34. The summed E-state index contributed by atoms with van der Waals surface area (Å²) >= 11 is 0. The van der Waals surface area contributed by atoms with Gasteiger partial charge < -0.3 is 14.9 Å². The summed E-state index contributed by atoms with van der Waals surface area (Å²) in [4.78, 5) is 26.5. The first-order valence-corrected chi connectivity index (χ1v) is 7.14. The molecule has 23 heavy (non-hydrogen) atoms. The van der Waals surface area contributed by atoms with Gasteiger partial charge in [0.2, 0.25) is 11.8 Å². The van der Waals surface area contributed by atoms with Crippen molar-refractivity contribution in [1.82, 2.24) is 9.80 Å². The van der Waals surface area contributed by atoms with Crippen molar-refractivity contribution in [2.24, 2.45) is 0 Å². The maximum atomic E-state index is 12.5. The third kappa shape index (κ3) is 4.44. The highest BCUT2D eigenvalue weighted by atomic mass is 19.4. The van der Waals surface area contributed by atoms with Crippen LogP contribution in [0.4, 0.5) is 13.2 Å². The van der Waals surface area contributed by atoms with Crippen LogP contribution < -0.4 is 0 Å². The molecular formula is C15H17F3N2O3. The predicted molar refractivity (Wildman–Crippen MR) is 75.4 cm³/mol. The summed E-state index contributed by atoms with van der Waals surface area (Å²) in [5.74, 6) is -0.569. The molecule has 0 aliphatic carbocycles. The fourth-order valence-electron chi connectivity index (χ4n) is 2.40. The quantitative estimate of drug-likeness (QED) is 0.896. The Morgan fingerprint density at radius 3 is 1.87 bits per heavy atom. The highest BCUT2D eigenvalue weighted by molar-refractivity contribution is 5.80. The van der Waals surface area contributed by atoms with Crippen LogP contribution in [0.1, 0.15) is 11.1 Å². The lowest BCUT2D eigenvalue weighted by molar-refractivity contribution is -0.140. The lowest BCUT2D eigenvalue weighted by atomic mass is 10.1. The number of carbonyl (C=O) groups excluding carboxylic acids is 2. The SMILES string of the molecule is O=C(CO)N1CCN(C(=O)Cc2ccc(C(F)(F)F)cc2)CC1. The predicted octanol–water partition coefficient (Wildman–Crippen LogP) is 0.911. The minimum absolute atomic E-state index is 0.0199. The van der Waals surface area contributed by atoms with Crippen molar-refractivity contribution in [3.63, 3.8) is 0 Å². The van der Waals surface area contributed by atoms with Gasteiger partial charge in [0.05, 0.1) is 12.0 Å². The average Bonchev–Trinajstić information content (AvgIpc) is 2.54. The minimum Gasteiger partial charge on any atom is -0.387 e. The molecule has 1 aliphatic rings. The molecular weight excluding hydrogens is 313 g/mol. The van der Waals surface area contributed by atoms with Crippen LogP contribution in [0.3, 0.4) is 0 Å². The van der Waals surface area contributed by atoms with E-state index in [2.05, 4.69) is 0 Å². The summed E-state index contributed by atoms with van der Waals surface area (Å²) in [7, 11) is 0. The van der Waals surface area contributed by atoms with Gasteiger partial charge in [-0.05, 0) is 17.7 Å². The van der Waals surface area contributed by atoms with Crippen LogP contribution in [0, 0.1) is 0 Å². The molecule has 1 aromatic carbocycles. The van der Waals surface area contributed by atoms with Crippen LogP contribution in [0.15, 0.2) is 24.3 Å². The first-order chi connectivity index (χ1) is 10.8. The zero-order valence-electron chi connectivity index (χ0n) is 12.3. The Balaban J connectivity index is 1.89. The van der Waals surface area contributed by atoms with E-state index in [1.807, 2.05) is 0 Å². The standard InChI is InChI=1S/C15H17F3N2O3/c16-15(17,18)12-3-1-11(2-4-12)9-13(22)19-5-7-20(8-6-19)14(23)10-21/h1-4,21H,5-10H2. The smallest absolute Gasteiger partial charge is 0.387 e. The van der Waals surface area contributed by atoms with Crippen LogP contribution in [0.2, 0.25) is 0 Å². The van der Waals surface area contributed by atoms with E-state index in [4.69, 9.17) is 5.11 Å². The summed E-state index contributed by atoms with van der Waals surface area (Å²) in [5.41, 5.74) is -0.235. The highest BCUT2D eigenvalue weighted by Gasteiger charge is 2.30. The van der Waals surface area contributed by atoms with Crippen LogP contribution in [0.5, 0.6) is 0 Å². The Bertz CT molecular complexity index is 564. The molecule has 5 nitrogen and oxygen atoms in total. The zero-order valence-corrected chi connectivity index (χ0v) is 12.3. The molecule has 0 atom stereocenters. The number of benzene rings is 1. The molecule has 1 saturated heterocycles. The fourth-order valence-corrected chi connectivity index (χ4v) is 2.40. The fraction of sp³-hybridized carbons (Fsp3) is 0.467. The van der Waals surface area contributed by atoms with E-state index in [9.17, 15) is 22.8 Å². The molecule has 1 N–H and O–H groups in total. The second-order valence-electron chi connectivity index (χ2n) is 5.29. The Kier molecular flexibility index (Phi) is 5.25. The number of halogens is 3. The number of carbonyl (C=O) groups is 2. The van der Waals surface area contributed by atoms with Gasteiger partial charge in [0.1, 0.15) is 6.61 Å². The van der Waals surface area contributed by atoms with Gasteiger partial charge in [-0.1, -0.05) is 12.1 Å². The zero-order chi connectivity index (χ0) is 17.0. The normalized spacial score (nSPS) is 15.7. The number of amides is 2. The summed E-state index contributed by atoms with van der Waals surface area (Å²) in [6, 6.07) is 4.51. The molecule has 0 unspecified atom stereocenters. The number of nitrogens with zero attached hydrogens (tertiary/aromatic N) is 2. The molecule has 1 aromatic rings. The summed E-state index contributed by atoms with van der Waals surface area (Å²) in [6.07, 6.45) is -4.37. The monoisotopic (exact) mass is 330 g/mol. The minimum atomic E-state index is -4.39. The maximum Gasteiger partial charge on any atom is 0.416 e. The Labute approximate surface area is 131 Å². The number of hydrogen-bond acceptors (Lipinski definition) is 3. The van der Waals surface area contributed by atoms with E-state index in [0.29, 0.717) is 31.7 Å². The number of hydrogen-bond donors (Lipinski definition) is 1. The van der Waals surface area contributed by atoms with Crippen molar-refractivity contribution in [3.05, 3.63) is 35.4 Å². The summed E-state index contributed by atoms with van der Waals surface area (Å²) in [6.45, 7) is 0.839. The van der Waals surface area contributed by atoms with E-state index < -0.39 is 18.3 Å². The van der Waals surface area contributed by atoms with E-state index in [0.717, 1.165) is 12.1 Å². The van der Waals surface area contributed by atoms with E-state index in [-0.39, 0.29) is 18.2 Å². The molecule has 1 fully saturated rings. The maximum absolute atomic E-state index is 12.5. The second kappa shape index (κ2) is 6.99. The van der Waals surface area contributed by atoms with Crippen molar-refractivity contribution in [3.8, 4) is 0 Å². The molecule has 126 valence electrons. The molecule has 0 aromatic heterocycles. The molecule has 0 radical (unpaired) electrons. The van der Waals surface area contributed by atoms with Crippen molar-refractivity contribution < 1.29 is 27.9 Å². The van der Waals surface area contributed by atoms with Gasteiger partial charge in [-0.15, -0.1) is 0 Å². The lowest BCUT2D eigenvalue weighted by Crippen LogP contribution is -2.51. The average molecular weight is 330 g/mol. The molecule has 0 spiro atoms. The highest BCUT2D eigenvalue weighted by Crippen LogP contribution is 2.29. The van der Waals surface area contributed by atoms with E-state index >= 15 is 0 Å². The van der Waals surface area contributed by atoms with Gasteiger partial charge >= 0.3 is 6.18 Å². The van der Waals surface area contributed by atoms with Crippen molar-refractivity contribution in [2.45, 2.75) is 12.6 Å². The van der Waals surface area contributed by atoms with Crippen LogP contribution in [-0.4, -0.2) is 59.5 Å². The van der Waals surface area contributed by atoms with Crippen LogP contribution in [-0.2, 0) is 22.2 Å². The third-order valence-corrected chi connectivity index (χ3v) is 3.76. The first kappa shape index (κ1) is 17.3. The largest absolute Gasteiger partial charge is 0.416 e. The number of piperazine rings is 1. The van der Waals surface area contributed by atoms with Crippen LogP contribution >= 0.6 is 0 Å². The number of rotatable bonds is 3. The van der Waals surface area contributed by atoms with Crippen LogP contribution in [0.25, 0.3) is 0 Å². The Morgan fingerprint density at radius 2 is 1.43 bits per heavy atom. The first-order valence-electron chi connectivity index (χ1n) is 7.14. The molecule has 8 heteroatoms. The Morgan fingerprint density at radius 1 is 0.957 bits per heavy atom. The van der Waals surface area contributed by atoms with Gasteiger partial charge in [0.25, 0.3) is 0 Å². The van der Waals surface area contributed by atoms with Crippen molar-refractivity contribution >= 4 is 11.8 Å². The number of aliphatic hydroxyl groups is 1. The number of aliphatic hydroxyl groups excluding tert-OH is 1. The Hall–Kier alpha value is -2.09. The van der Waals surface area contributed by atoms with Gasteiger partial charge in [-0.2, -0.15) is 13.2 Å². The molecule has 1 heterocycles. The number of alkyl halides is 3. The molecule has 1 aliphatic heterocycles. The van der Waals surface area contributed by atoms with Crippen molar-refractivity contribution in [2.75, 3.05) is 32.8 Å². The second-order valence-corrected chi connectivity index (χ2v) is 5.29.